The van der Waals surface area contributed by atoms with Crippen molar-refractivity contribution in [2.24, 2.45) is 0 Å². The zero-order valence-corrected chi connectivity index (χ0v) is 16.6. The van der Waals surface area contributed by atoms with Gasteiger partial charge in [0.2, 0.25) is 12.3 Å². The second kappa shape index (κ2) is 7.42. The highest BCUT2D eigenvalue weighted by Gasteiger charge is 2.10. The topological polar surface area (TPSA) is 116 Å². The molecule has 5 aromatic rings. The van der Waals surface area contributed by atoms with Crippen LogP contribution in [0.3, 0.4) is 0 Å². The highest BCUT2D eigenvalue weighted by Crippen LogP contribution is 2.27. The van der Waals surface area contributed by atoms with Gasteiger partial charge in [0.25, 0.3) is 0 Å². The van der Waals surface area contributed by atoms with E-state index in [1.54, 1.807) is 0 Å². The van der Waals surface area contributed by atoms with Crippen LogP contribution in [-0.4, -0.2) is 32.3 Å². The van der Waals surface area contributed by atoms with Crippen LogP contribution in [0.1, 0.15) is 6.92 Å². The van der Waals surface area contributed by atoms with E-state index < -0.39 is 0 Å². The van der Waals surface area contributed by atoms with Crippen LogP contribution >= 0.6 is 0 Å². The molecule has 0 spiro atoms. The highest BCUT2D eigenvalue weighted by molar-refractivity contribution is 5.90. The summed E-state index contributed by atoms with van der Waals surface area (Å²) in [6.07, 6.45) is 0.648. The molecule has 0 saturated carbocycles. The van der Waals surface area contributed by atoms with E-state index in [0.29, 0.717) is 12.1 Å². The lowest BCUT2D eigenvalue weighted by atomic mass is 10.2. The summed E-state index contributed by atoms with van der Waals surface area (Å²) in [7, 11) is 0. The molecule has 8 heteroatoms. The minimum absolute atomic E-state index is 0.106. The predicted molar refractivity (Wildman–Crippen MR) is 121 cm³/mol. The molecule has 0 unspecified atom stereocenters. The molecule has 0 aliphatic rings. The number of imidazole rings is 2. The molecule has 0 aliphatic heterocycles. The third-order valence-corrected chi connectivity index (χ3v) is 4.94. The zero-order valence-electron chi connectivity index (χ0n) is 16.6. The summed E-state index contributed by atoms with van der Waals surface area (Å²) in [4.78, 5) is 37.8. The number of H-pyrrole nitrogens is 2. The van der Waals surface area contributed by atoms with E-state index >= 15 is 0 Å². The van der Waals surface area contributed by atoms with Crippen LogP contribution in [-0.2, 0) is 9.59 Å². The van der Waals surface area contributed by atoms with Crippen molar-refractivity contribution in [2.45, 2.75) is 6.92 Å². The highest BCUT2D eigenvalue weighted by atomic mass is 16.1. The second-order valence-electron chi connectivity index (χ2n) is 7.16. The summed E-state index contributed by atoms with van der Waals surface area (Å²) >= 11 is 0. The molecule has 0 atom stereocenters. The first-order chi connectivity index (χ1) is 15.1. The Labute approximate surface area is 176 Å². The number of hydrogen-bond acceptors (Lipinski definition) is 4. The number of aromatic nitrogens is 4. The first-order valence-electron chi connectivity index (χ1n) is 9.67. The van der Waals surface area contributed by atoms with Crippen LogP contribution in [0, 0.1) is 0 Å². The average Bonchev–Trinajstić information content (AvgIpc) is 3.37. The first-order valence-corrected chi connectivity index (χ1v) is 9.67. The van der Waals surface area contributed by atoms with E-state index in [1.165, 1.54) is 6.92 Å². The molecule has 31 heavy (non-hydrogen) atoms. The van der Waals surface area contributed by atoms with Gasteiger partial charge in [0.1, 0.15) is 11.6 Å². The third-order valence-electron chi connectivity index (χ3n) is 4.94. The quantitative estimate of drug-likeness (QED) is 0.323. The van der Waals surface area contributed by atoms with Gasteiger partial charge < -0.3 is 20.6 Å². The first kappa shape index (κ1) is 18.6. The molecule has 4 N–H and O–H groups in total. The van der Waals surface area contributed by atoms with Gasteiger partial charge in [0.05, 0.1) is 22.1 Å². The Bertz CT molecular complexity index is 1430. The van der Waals surface area contributed by atoms with Gasteiger partial charge in [-0.25, -0.2) is 9.97 Å². The van der Waals surface area contributed by atoms with E-state index in [4.69, 9.17) is 0 Å². The number of amides is 2. The maximum absolute atomic E-state index is 11.2. The van der Waals surface area contributed by atoms with Gasteiger partial charge in [-0.15, -0.1) is 0 Å². The SMILES string of the molecule is CC(=O)Nc1ccc(-c2nc3ccc(-c4nc5ccc(NC=O)cc5[nH]4)cc3[nH]2)cc1. The summed E-state index contributed by atoms with van der Waals surface area (Å²) < 4.78 is 0. The summed E-state index contributed by atoms with van der Waals surface area (Å²) in [6.45, 7) is 1.48. The summed E-state index contributed by atoms with van der Waals surface area (Å²) in [5.74, 6) is 1.37. The third kappa shape index (κ3) is 3.62. The number of nitrogens with one attached hydrogen (secondary N) is 4. The molecule has 0 saturated heterocycles. The largest absolute Gasteiger partial charge is 0.338 e. The Balaban J connectivity index is 1.47. The van der Waals surface area contributed by atoms with Crippen molar-refractivity contribution in [3.63, 3.8) is 0 Å². The van der Waals surface area contributed by atoms with E-state index in [2.05, 4.69) is 30.6 Å². The van der Waals surface area contributed by atoms with Crippen LogP contribution in [0.25, 0.3) is 44.8 Å². The second-order valence-corrected chi connectivity index (χ2v) is 7.16. The molecular weight excluding hydrogens is 392 g/mol. The Morgan fingerprint density at radius 3 is 2.06 bits per heavy atom. The van der Waals surface area contributed by atoms with Crippen LogP contribution in [0.15, 0.2) is 60.7 Å². The van der Waals surface area contributed by atoms with Gasteiger partial charge in [-0.1, -0.05) is 0 Å². The maximum Gasteiger partial charge on any atom is 0.221 e. The van der Waals surface area contributed by atoms with Gasteiger partial charge >= 0.3 is 0 Å². The van der Waals surface area contributed by atoms with Crippen molar-refractivity contribution in [3.05, 3.63) is 60.7 Å². The number of carbonyl (C=O) groups excluding carboxylic acids is 2. The number of rotatable bonds is 5. The number of nitrogens with zero attached hydrogens (tertiary/aromatic N) is 2. The standard InChI is InChI=1S/C23H18N6O2/c1-13(31)25-16-5-2-14(3-6-16)22-26-18-8-4-15(10-20(18)28-22)23-27-19-9-7-17(24-12-30)11-21(19)29-23/h2-12H,1H3,(H,24,30)(H,25,31)(H,26,28)(H,27,29). The van der Waals surface area contributed by atoms with Gasteiger partial charge in [0, 0.05) is 29.4 Å². The van der Waals surface area contributed by atoms with Gasteiger partial charge in [-0.3, -0.25) is 9.59 Å². The minimum atomic E-state index is -0.106. The summed E-state index contributed by atoms with van der Waals surface area (Å²) in [6, 6.07) is 18.9. The molecule has 0 radical (unpaired) electrons. The van der Waals surface area contributed by atoms with Crippen molar-refractivity contribution >= 4 is 45.8 Å². The van der Waals surface area contributed by atoms with Crippen molar-refractivity contribution < 1.29 is 9.59 Å². The van der Waals surface area contributed by atoms with Gasteiger partial charge in [-0.05, 0) is 60.7 Å². The number of fused-ring (bicyclic) bond motifs is 2. The smallest absolute Gasteiger partial charge is 0.221 e. The lowest BCUT2D eigenvalue weighted by molar-refractivity contribution is -0.114. The Hall–Kier alpha value is -4.46. The van der Waals surface area contributed by atoms with Crippen LogP contribution in [0.5, 0.6) is 0 Å². The van der Waals surface area contributed by atoms with E-state index in [1.807, 2.05) is 60.7 Å². The van der Waals surface area contributed by atoms with E-state index in [-0.39, 0.29) is 5.91 Å². The summed E-state index contributed by atoms with van der Waals surface area (Å²) in [5.41, 5.74) is 6.68. The Morgan fingerprint density at radius 2 is 1.39 bits per heavy atom. The van der Waals surface area contributed by atoms with Crippen molar-refractivity contribution in [1.82, 2.24) is 19.9 Å². The van der Waals surface area contributed by atoms with E-state index in [0.717, 1.165) is 50.5 Å². The van der Waals surface area contributed by atoms with Crippen molar-refractivity contribution in [3.8, 4) is 22.8 Å². The molecule has 5 rings (SSSR count). The zero-order chi connectivity index (χ0) is 21.4. The molecule has 0 aliphatic carbocycles. The molecule has 2 aromatic heterocycles. The number of benzene rings is 3. The van der Waals surface area contributed by atoms with Gasteiger partial charge in [-0.2, -0.15) is 0 Å². The van der Waals surface area contributed by atoms with Crippen LogP contribution in [0.4, 0.5) is 11.4 Å². The van der Waals surface area contributed by atoms with Crippen LogP contribution in [0.2, 0.25) is 0 Å². The fourth-order valence-electron chi connectivity index (χ4n) is 3.51. The van der Waals surface area contributed by atoms with Crippen molar-refractivity contribution in [1.29, 1.82) is 0 Å². The normalized spacial score (nSPS) is 11.0. The number of aromatic amines is 2. The lowest BCUT2D eigenvalue weighted by Gasteiger charge is -2.02. The fourth-order valence-corrected chi connectivity index (χ4v) is 3.51. The molecule has 8 nitrogen and oxygen atoms in total. The fraction of sp³-hybridized carbons (Fsp3) is 0.0435. The lowest BCUT2D eigenvalue weighted by Crippen LogP contribution is -2.05. The van der Waals surface area contributed by atoms with Crippen molar-refractivity contribution in [2.75, 3.05) is 10.6 Å². The Kier molecular flexibility index (Phi) is 4.44. The maximum atomic E-state index is 11.2. The Morgan fingerprint density at radius 1 is 0.806 bits per heavy atom. The molecule has 0 fully saturated rings. The van der Waals surface area contributed by atoms with Gasteiger partial charge in [0.15, 0.2) is 0 Å². The predicted octanol–water partition coefficient (Wildman–Crippen LogP) is 4.30. The molecular formula is C23H18N6O2. The molecule has 2 amide bonds. The molecule has 152 valence electrons. The van der Waals surface area contributed by atoms with E-state index in [9.17, 15) is 9.59 Å². The number of hydrogen-bond donors (Lipinski definition) is 4. The summed E-state index contributed by atoms with van der Waals surface area (Å²) in [5, 5.41) is 5.40. The number of carbonyl (C=O) groups is 2. The molecule has 3 aromatic carbocycles. The average molecular weight is 410 g/mol. The minimum Gasteiger partial charge on any atom is -0.338 e. The van der Waals surface area contributed by atoms with Crippen LogP contribution < -0.4 is 10.6 Å². The number of anilines is 2. The molecule has 0 bridgehead atoms. The monoisotopic (exact) mass is 410 g/mol. The molecule has 2 heterocycles.